The molecule has 0 amide bonds. The maximum Gasteiger partial charge on any atom is 0.374 e. The fourth-order valence-corrected chi connectivity index (χ4v) is 6.31. The molecular formula is C26H30O4. The summed E-state index contributed by atoms with van der Waals surface area (Å²) in [5.74, 6) is -0.992. The van der Waals surface area contributed by atoms with Crippen LogP contribution in [-0.2, 0) is 19.9 Å². The molecule has 1 N–H and O–H groups in total. The molecule has 2 aromatic carbocycles. The van der Waals surface area contributed by atoms with E-state index >= 15 is 0 Å². The predicted molar refractivity (Wildman–Crippen MR) is 115 cm³/mol. The van der Waals surface area contributed by atoms with Crippen LogP contribution in [0.25, 0.3) is 0 Å². The number of carbonyl (C=O) groups excluding carboxylic acids is 2. The Morgan fingerprint density at radius 1 is 1.03 bits per heavy atom. The average molecular weight is 407 g/mol. The number of Topliss-reactive ketones (excluding diaryl/α,β-unsaturated/α-hetero) is 1. The van der Waals surface area contributed by atoms with E-state index in [2.05, 4.69) is 13.8 Å². The minimum absolute atomic E-state index is 0.118. The van der Waals surface area contributed by atoms with Crippen molar-refractivity contribution in [3.8, 4) is 0 Å². The lowest BCUT2D eigenvalue weighted by Gasteiger charge is -2.53. The van der Waals surface area contributed by atoms with Gasteiger partial charge in [0, 0.05) is 11.8 Å². The zero-order valence-corrected chi connectivity index (χ0v) is 17.9. The van der Waals surface area contributed by atoms with Gasteiger partial charge in [0.15, 0.2) is 0 Å². The van der Waals surface area contributed by atoms with Crippen LogP contribution in [0, 0.1) is 16.7 Å². The molecule has 2 fully saturated rings. The molecule has 2 aromatic rings. The van der Waals surface area contributed by atoms with E-state index in [1.165, 1.54) is 0 Å². The maximum absolute atomic E-state index is 12.7. The van der Waals surface area contributed by atoms with Gasteiger partial charge in [0.1, 0.15) is 11.7 Å². The molecule has 158 valence electrons. The first kappa shape index (κ1) is 20.8. The number of ketones is 1. The first-order chi connectivity index (χ1) is 14.3. The third-order valence-electron chi connectivity index (χ3n) is 7.93. The number of hydrogen-bond donors (Lipinski definition) is 1. The standard InChI is InChI=1S/C26H30O4/c1-4-21(27)23(28)30-22-17-20-15-16-25(22,24(20,2)3)26(29,18-11-7-5-8-12-18)19-13-9-6-10-14-19/h5-14,20,22,29H,4,15-17H2,1-3H3/t20-,22-,25-/m0/s1. The molecule has 4 nitrogen and oxygen atoms in total. The molecule has 0 radical (unpaired) electrons. The molecule has 0 saturated heterocycles. The molecule has 3 atom stereocenters. The third-order valence-corrected chi connectivity index (χ3v) is 7.93. The fraction of sp³-hybridized carbons (Fsp3) is 0.462. The predicted octanol–water partition coefficient (Wildman–Crippen LogP) is 4.64. The largest absolute Gasteiger partial charge is 0.456 e. The van der Waals surface area contributed by atoms with Gasteiger partial charge >= 0.3 is 5.97 Å². The van der Waals surface area contributed by atoms with Gasteiger partial charge in [-0.05, 0) is 41.7 Å². The van der Waals surface area contributed by atoms with Crippen LogP contribution in [0.2, 0.25) is 0 Å². The Kier molecular flexibility index (Phi) is 5.09. The lowest BCUT2D eigenvalue weighted by Crippen LogP contribution is -2.57. The SMILES string of the molecule is CCC(=O)C(=O)O[C@H]1C[C@@H]2CC[C@@]1(C(O)(c1ccccc1)c1ccccc1)C2(C)C. The summed E-state index contributed by atoms with van der Waals surface area (Å²) in [4.78, 5) is 24.5. The van der Waals surface area contributed by atoms with Crippen molar-refractivity contribution in [3.05, 3.63) is 71.8 Å². The number of hydrogen-bond acceptors (Lipinski definition) is 4. The van der Waals surface area contributed by atoms with E-state index in [9.17, 15) is 14.7 Å². The first-order valence-corrected chi connectivity index (χ1v) is 10.9. The molecule has 2 aliphatic carbocycles. The normalized spacial score (nSPS) is 27.1. The summed E-state index contributed by atoms with van der Waals surface area (Å²) < 4.78 is 5.88. The van der Waals surface area contributed by atoms with Gasteiger partial charge in [0.05, 0.1) is 0 Å². The van der Waals surface area contributed by atoms with Crippen LogP contribution in [-0.4, -0.2) is 23.0 Å². The lowest BCUT2D eigenvalue weighted by molar-refractivity contribution is -0.186. The highest BCUT2D eigenvalue weighted by atomic mass is 16.6. The van der Waals surface area contributed by atoms with Crippen LogP contribution < -0.4 is 0 Å². The van der Waals surface area contributed by atoms with Crippen molar-refractivity contribution in [1.82, 2.24) is 0 Å². The quantitative estimate of drug-likeness (QED) is 0.561. The highest BCUT2D eigenvalue weighted by Crippen LogP contribution is 2.73. The van der Waals surface area contributed by atoms with E-state index in [4.69, 9.17) is 4.74 Å². The lowest BCUT2D eigenvalue weighted by atomic mass is 9.54. The summed E-state index contributed by atoms with van der Waals surface area (Å²) in [5, 5.41) is 12.7. The summed E-state index contributed by atoms with van der Waals surface area (Å²) in [6.07, 6.45) is 1.94. The van der Waals surface area contributed by atoms with Gasteiger partial charge in [0.2, 0.25) is 5.78 Å². The second-order valence-electron chi connectivity index (χ2n) is 9.28. The molecular weight excluding hydrogens is 376 g/mol. The van der Waals surface area contributed by atoms with E-state index in [1.807, 2.05) is 60.7 Å². The monoisotopic (exact) mass is 406 g/mol. The Morgan fingerprint density at radius 3 is 2.03 bits per heavy atom. The second kappa shape index (κ2) is 7.35. The number of ether oxygens (including phenoxy) is 1. The summed E-state index contributed by atoms with van der Waals surface area (Å²) >= 11 is 0. The molecule has 4 rings (SSSR count). The van der Waals surface area contributed by atoms with Crippen molar-refractivity contribution in [2.75, 3.05) is 0 Å². The van der Waals surface area contributed by atoms with Crippen LogP contribution in [0.5, 0.6) is 0 Å². The topological polar surface area (TPSA) is 63.6 Å². The number of aliphatic hydroxyl groups is 1. The zero-order chi connectivity index (χ0) is 21.6. The van der Waals surface area contributed by atoms with Crippen molar-refractivity contribution >= 4 is 11.8 Å². The molecule has 0 unspecified atom stereocenters. The first-order valence-electron chi connectivity index (χ1n) is 10.9. The van der Waals surface area contributed by atoms with Crippen molar-refractivity contribution in [2.45, 2.75) is 58.2 Å². The Bertz CT molecular complexity index is 895. The highest BCUT2D eigenvalue weighted by molar-refractivity contribution is 6.33. The Morgan fingerprint density at radius 2 is 1.57 bits per heavy atom. The summed E-state index contributed by atoms with van der Waals surface area (Å²) in [7, 11) is 0. The maximum atomic E-state index is 12.7. The Hall–Kier alpha value is -2.46. The number of rotatable bonds is 6. The minimum atomic E-state index is -1.36. The van der Waals surface area contributed by atoms with Gasteiger partial charge in [-0.3, -0.25) is 4.79 Å². The number of benzene rings is 2. The van der Waals surface area contributed by atoms with Crippen molar-refractivity contribution < 1.29 is 19.4 Å². The van der Waals surface area contributed by atoms with Gasteiger partial charge in [-0.15, -0.1) is 0 Å². The molecule has 2 bridgehead atoms. The van der Waals surface area contributed by atoms with Gasteiger partial charge in [-0.2, -0.15) is 0 Å². The van der Waals surface area contributed by atoms with E-state index in [1.54, 1.807) is 6.92 Å². The third kappa shape index (κ3) is 2.70. The number of carbonyl (C=O) groups is 2. The van der Waals surface area contributed by atoms with Gasteiger partial charge in [0.25, 0.3) is 0 Å². The second-order valence-corrected chi connectivity index (χ2v) is 9.28. The molecule has 0 aliphatic heterocycles. The van der Waals surface area contributed by atoms with Gasteiger partial charge in [-0.25, -0.2) is 4.79 Å². The van der Waals surface area contributed by atoms with Crippen LogP contribution in [0.15, 0.2) is 60.7 Å². The number of esters is 1. The van der Waals surface area contributed by atoms with Crippen molar-refractivity contribution in [2.24, 2.45) is 16.7 Å². The smallest absolute Gasteiger partial charge is 0.374 e. The fourth-order valence-electron chi connectivity index (χ4n) is 6.31. The van der Waals surface area contributed by atoms with Gasteiger partial charge in [-0.1, -0.05) is 81.4 Å². The molecule has 30 heavy (non-hydrogen) atoms. The van der Waals surface area contributed by atoms with Crippen LogP contribution >= 0.6 is 0 Å². The Balaban J connectivity index is 1.92. The van der Waals surface area contributed by atoms with E-state index in [0.717, 1.165) is 24.0 Å². The minimum Gasteiger partial charge on any atom is -0.456 e. The van der Waals surface area contributed by atoms with E-state index in [0.29, 0.717) is 12.3 Å². The highest BCUT2D eigenvalue weighted by Gasteiger charge is 2.74. The summed E-state index contributed by atoms with van der Waals surface area (Å²) in [6, 6.07) is 19.3. The van der Waals surface area contributed by atoms with E-state index in [-0.39, 0.29) is 11.8 Å². The van der Waals surface area contributed by atoms with Crippen LogP contribution in [0.4, 0.5) is 0 Å². The van der Waals surface area contributed by atoms with Crippen molar-refractivity contribution in [3.63, 3.8) is 0 Å². The summed E-state index contributed by atoms with van der Waals surface area (Å²) in [5.41, 5.74) is -0.806. The number of fused-ring (bicyclic) bond motifs is 2. The average Bonchev–Trinajstić information content (AvgIpc) is 3.16. The van der Waals surface area contributed by atoms with Crippen LogP contribution in [0.1, 0.15) is 57.6 Å². The summed E-state index contributed by atoms with van der Waals surface area (Å²) in [6.45, 7) is 6.02. The molecule has 2 aliphatic rings. The molecule has 2 saturated carbocycles. The van der Waals surface area contributed by atoms with Gasteiger partial charge < -0.3 is 9.84 Å². The Labute approximate surface area is 178 Å². The van der Waals surface area contributed by atoms with Crippen molar-refractivity contribution in [1.29, 1.82) is 0 Å². The molecule has 0 spiro atoms. The van der Waals surface area contributed by atoms with Crippen LogP contribution in [0.3, 0.4) is 0 Å². The molecule has 0 heterocycles. The molecule has 0 aromatic heterocycles. The molecule has 4 heteroatoms. The van der Waals surface area contributed by atoms with E-state index < -0.39 is 28.9 Å². The zero-order valence-electron chi connectivity index (χ0n) is 17.9.